The highest BCUT2D eigenvalue weighted by Gasteiger charge is 2.21. The Bertz CT molecular complexity index is 747. The number of halogens is 1. The number of rotatable bonds is 5. The maximum atomic E-state index is 11.9. The fourth-order valence-corrected chi connectivity index (χ4v) is 3.35. The van der Waals surface area contributed by atoms with Crippen LogP contribution in [0.25, 0.3) is 0 Å². The molecule has 2 aromatic heterocycles. The molecule has 0 aliphatic carbocycles. The molecule has 2 aromatic rings. The van der Waals surface area contributed by atoms with E-state index in [-0.39, 0.29) is 36.4 Å². The van der Waals surface area contributed by atoms with Crippen LogP contribution < -0.4 is 10.2 Å². The molecule has 152 valence electrons. The predicted octanol–water partition coefficient (Wildman–Crippen LogP) is 1.51. The van der Waals surface area contributed by atoms with Crippen molar-refractivity contribution >= 4 is 53.1 Å². The highest BCUT2D eigenvalue weighted by Crippen LogP contribution is 2.11. The molecule has 1 N–H and O–H groups in total. The number of aliphatic imine (C=N–C) groups is 1. The Hall–Kier alpha value is -1.95. The van der Waals surface area contributed by atoms with E-state index in [4.69, 9.17) is 0 Å². The Morgan fingerprint density at radius 1 is 1.21 bits per heavy atom. The lowest BCUT2D eigenvalue weighted by atomic mass is 10.3. The van der Waals surface area contributed by atoms with Crippen molar-refractivity contribution < 1.29 is 4.79 Å². The molecule has 1 fully saturated rings. The minimum Gasteiger partial charge on any atom is -0.351 e. The van der Waals surface area contributed by atoms with Gasteiger partial charge >= 0.3 is 0 Å². The molecule has 0 bridgehead atoms. The molecular formula is C18H26IN7OS. The van der Waals surface area contributed by atoms with Gasteiger partial charge in [0.1, 0.15) is 6.54 Å². The number of thiophene rings is 1. The van der Waals surface area contributed by atoms with Gasteiger partial charge in [0.25, 0.3) is 0 Å². The Labute approximate surface area is 186 Å². The standard InChI is InChI=1S/C18H25N7OS.HI/c1-23(2)16(26)14-22-18(21-13-15-5-3-12-27-15)25-10-8-24(9-11-25)17-19-6-4-7-20-17;/h3-7,12H,8-11,13-14H2,1-2H3,(H,21,22);1H. The molecule has 3 rings (SSSR count). The monoisotopic (exact) mass is 515 g/mol. The quantitative estimate of drug-likeness (QED) is 0.370. The summed E-state index contributed by atoms with van der Waals surface area (Å²) < 4.78 is 0. The van der Waals surface area contributed by atoms with Crippen molar-refractivity contribution in [1.82, 2.24) is 25.1 Å². The second-order valence-electron chi connectivity index (χ2n) is 6.38. The van der Waals surface area contributed by atoms with Gasteiger partial charge in [-0.3, -0.25) is 4.79 Å². The average Bonchev–Trinajstić information content (AvgIpc) is 3.22. The number of carbonyl (C=O) groups excluding carboxylic acids is 1. The maximum absolute atomic E-state index is 11.9. The third-order valence-electron chi connectivity index (χ3n) is 4.28. The Balaban J connectivity index is 0.00000280. The highest BCUT2D eigenvalue weighted by atomic mass is 127. The van der Waals surface area contributed by atoms with Gasteiger partial charge in [0.05, 0.1) is 6.54 Å². The Morgan fingerprint density at radius 2 is 1.93 bits per heavy atom. The fraction of sp³-hybridized carbons (Fsp3) is 0.444. The first-order chi connectivity index (χ1) is 13.1. The van der Waals surface area contributed by atoms with E-state index in [9.17, 15) is 4.79 Å². The molecule has 28 heavy (non-hydrogen) atoms. The number of carbonyl (C=O) groups is 1. The first kappa shape index (κ1) is 22.3. The van der Waals surface area contributed by atoms with Gasteiger partial charge in [-0.2, -0.15) is 0 Å². The van der Waals surface area contributed by atoms with Crippen LogP contribution in [0.15, 0.2) is 41.0 Å². The zero-order valence-corrected chi connectivity index (χ0v) is 19.3. The lowest BCUT2D eigenvalue weighted by Crippen LogP contribution is -2.53. The SMILES string of the molecule is CN(C)C(=O)CN=C(NCc1cccs1)N1CCN(c2ncccn2)CC1.I. The molecule has 3 heterocycles. The normalized spacial score (nSPS) is 14.4. The van der Waals surface area contributed by atoms with Crippen LogP contribution in [0.3, 0.4) is 0 Å². The van der Waals surface area contributed by atoms with Gasteiger partial charge < -0.3 is 20.0 Å². The summed E-state index contributed by atoms with van der Waals surface area (Å²) in [6.45, 7) is 4.06. The summed E-state index contributed by atoms with van der Waals surface area (Å²) in [5, 5.41) is 5.46. The lowest BCUT2D eigenvalue weighted by molar-refractivity contribution is -0.127. The van der Waals surface area contributed by atoms with Gasteiger partial charge in [-0.1, -0.05) is 6.07 Å². The summed E-state index contributed by atoms with van der Waals surface area (Å²) in [4.78, 5) is 32.3. The van der Waals surface area contributed by atoms with Gasteiger partial charge in [-0.25, -0.2) is 15.0 Å². The summed E-state index contributed by atoms with van der Waals surface area (Å²) >= 11 is 1.70. The van der Waals surface area contributed by atoms with Gasteiger partial charge in [-0.15, -0.1) is 35.3 Å². The number of guanidine groups is 1. The number of likely N-dealkylation sites (N-methyl/N-ethyl adjacent to an activating group) is 1. The van der Waals surface area contributed by atoms with Gasteiger partial charge in [-0.05, 0) is 17.5 Å². The van der Waals surface area contributed by atoms with E-state index in [1.165, 1.54) is 4.88 Å². The van der Waals surface area contributed by atoms with E-state index in [1.807, 2.05) is 12.1 Å². The number of amides is 1. The summed E-state index contributed by atoms with van der Waals surface area (Å²) in [5.74, 6) is 1.51. The van der Waals surface area contributed by atoms with Crippen molar-refractivity contribution in [3.8, 4) is 0 Å². The van der Waals surface area contributed by atoms with Gasteiger partial charge in [0, 0.05) is 57.5 Å². The van der Waals surface area contributed by atoms with Gasteiger partial charge in [0.15, 0.2) is 5.96 Å². The molecule has 8 nitrogen and oxygen atoms in total. The van der Waals surface area contributed by atoms with E-state index in [0.717, 1.165) is 38.1 Å². The molecule has 1 aliphatic rings. The molecule has 1 amide bonds. The van der Waals surface area contributed by atoms with Crippen molar-refractivity contribution in [2.24, 2.45) is 4.99 Å². The molecule has 0 atom stereocenters. The summed E-state index contributed by atoms with van der Waals surface area (Å²) in [6.07, 6.45) is 3.52. The predicted molar refractivity (Wildman–Crippen MR) is 123 cm³/mol. The summed E-state index contributed by atoms with van der Waals surface area (Å²) in [5.41, 5.74) is 0. The van der Waals surface area contributed by atoms with Crippen LogP contribution in [0.1, 0.15) is 4.88 Å². The summed E-state index contributed by atoms with van der Waals surface area (Å²) in [7, 11) is 3.49. The fourth-order valence-electron chi connectivity index (χ4n) is 2.70. The van der Waals surface area contributed by atoms with Crippen LogP contribution in [0.4, 0.5) is 5.95 Å². The molecule has 0 radical (unpaired) electrons. The second kappa shape index (κ2) is 11.1. The number of nitrogens with one attached hydrogen (secondary N) is 1. The minimum atomic E-state index is -0.0123. The molecule has 0 unspecified atom stereocenters. The molecule has 0 saturated carbocycles. The van der Waals surface area contributed by atoms with Crippen molar-refractivity contribution in [2.45, 2.75) is 6.54 Å². The van der Waals surface area contributed by atoms with Crippen molar-refractivity contribution in [3.05, 3.63) is 40.8 Å². The van der Waals surface area contributed by atoms with E-state index in [1.54, 1.807) is 42.7 Å². The molecular weight excluding hydrogens is 489 g/mol. The molecule has 1 aliphatic heterocycles. The van der Waals surface area contributed by atoms with Crippen LogP contribution >= 0.6 is 35.3 Å². The maximum Gasteiger partial charge on any atom is 0.243 e. The minimum absolute atomic E-state index is 0. The Kier molecular flexibility index (Phi) is 8.90. The van der Waals surface area contributed by atoms with Crippen molar-refractivity contribution in [1.29, 1.82) is 0 Å². The first-order valence-electron chi connectivity index (χ1n) is 8.91. The van der Waals surface area contributed by atoms with Gasteiger partial charge in [0.2, 0.25) is 11.9 Å². The lowest BCUT2D eigenvalue weighted by Gasteiger charge is -2.36. The number of hydrogen-bond donors (Lipinski definition) is 1. The number of piperazine rings is 1. The molecule has 0 aromatic carbocycles. The zero-order valence-electron chi connectivity index (χ0n) is 16.1. The van der Waals surface area contributed by atoms with E-state index < -0.39 is 0 Å². The van der Waals surface area contributed by atoms with Crippen LogP contribution in [0.2, 0.25) is 0 Å². The van der Waals surface area contributed by atoms with Crippen LogP contribution in [0, 0.1) is 0 Å². The highest BCUT2D eigenvalue weighted by molar-refractivity contribution is 14.0. The largest absolute Gasteiger partial charge is 0.351 e. The first-order valence-corrected chi connectivity index (χ1v) is 9.79. The zero-order chi connectivity index (χ0) is 19.1. The van der Waals surface area contributed by atoms with Crippen LogP contribution in [-0.4, -0.2) is 78.5 Å². The smallest absolute Gasteiger partial charge is 0.243 e. The molecule has 1 saturated heterocycles. The average molecular weight is 515 g/mol. The Morgan fingerprint density at radius 3 is 2.54 bits per heavy atom. The van der Waals surface area contributed by atoms with Crippen LogP contribution in [0.5, 0.6) is 0 Å². The number of aromatic nitrogens is 2. The number of nitrogens with zero attached hydrogens (tertiary/aromatic N) is 6. The van der Waals surface area contributed by atoms with E-state index >= 15 is 0 Å². The van der Waals surface area contributed by atoms with E-state index in [0.29, 0.717) is 6.54 Å². The van der Waals surface area contributed by atoms with Crippen molar-refractivity contribution in [2.75, 3.05) is 51.7 Å². The number of anilines is 1. The molecule has 10 heteroatoms. The second-order valence-corrected chi connectivity index (χ2v) is 7.42. The van der Waals surface area contributed by atoms with Crippen molar-refractivity contribution in [3.63, 3.8) is 0 Å². The number of hydrogen-bond acceptors (Lipinski definition) is 6. The third-order valence-corrected chi connectivity index (χ3v) is 5.15. The van der Waals surface area contributed by atoms with Crippen LogP contribution in [-0.2, 0) is 11.3 Å². The topological polar surface area (TPSA) is 77.0 Å². The summed E-state index contributed by atoms with van der Waals surface area (Å²) in [6, 6.07) is 5.94. The molecule has 0 spiro atoms. The third kappa shape index (κ3) is 6.30. The van der Waals surface area contributed by atoms with E-state index in [2.05, 4.69) is 41.5 Å².